The van der Waals surface area contributed by atoms with E-state index in [9.17, 15) is 4.79 Å². The highest BCUT2D eigenvalue weighted by Crippen LogP contribution is 2.38. The molecule has 1 atom stereocenters. The Kier molecular flexibility index (Phi) is 6.42. The second-order valence-electron chi connectivity index (χ2n) is 6.70. The van der Waals surface area contributed by atoms with Crippen LogP contribution in [0.1, 0.15) is 16.5 Å². The highest BCUT2D eigenvalue weighted by Gasteiger charge is 2.30. The molecule has 1 saturated heterocycles. The summed E-state index contributed by atoms with van der Waals surface area (Å²) >= 11 is 5.21. The zero-order valence-corrected chi connectivity index (χ0v) is 18.2. The topological polar surface area (TPSA) is 41.6 Å². The van der Waals surface area contributed by atoms with Gasteiger partial charge in [0.2, 0.25) is 0 Å². The lowest BCUT2D eigenvalue weighted by Gasteiger charge is -2.24. The van der Waals surface area contributed by atoms with Crippen molar-refractivity contribution in [2.45, 2.75) is 12.0 Å². The van der Waals surface area contributed by atoms with Crippen molar-refractivity contribution in [3.63, 3.8) is 0 Å². The van der Waals surface area contributed by atoms with Gasteiger partial charge >= 0.3 is 6.03 Å². The Morgan fingerprint density at radius 2 is 1.86 bits per heavy atom. The van der Waals surface area contributed by atoms with E-state index in [1.54, 1.807) is 11.8 Å². The zero-order chi connectivity index (χ0) is 20.1. The van der Waals surface area contributed by atoms with Gasteiger partial charge in [-0.25, -0.2) is 4.79 Å². The average molecular weight is 469 g/mol. The smallest absolute Gasteiger partial charge is 0.323 e. The second kappa shape index (κ2) is 9.37. The van der Waals surface area contributed by atoms with E-state index in [0.717, 1.165) is 39.3 Å². The van der Waals surface area contributed by atoms with Crippen molar-refractivity contribution in [3.8, 4) is 5.75 Å². The first-order chi connectivity index (χ1) is 14.2. The predicted molar refractivity (Wildman–Crippen MR) is 122 cm³/mol. The average Bonchev–Trinajstić information content (AvgIpc) is 3.23. The SMILES string of the molecule is O=C(Nc1cccc(Br)c1)N1CCSC1c1ccc(OCc2ccccc2)cc1. The molecule has 3 aromatic rings. The molecule has 148 valence electrons. The minimum atomic E-state index is -0.0810. The molecule has 0 bridgehead atoms. The number of urea groups is 1. The molecule has 4 rings (SSSR count). The number of benzene rings is 3. The molecule has 3 aromatic carbocycles. The monoisotopic (exact) mass is 468 g/mol. The van der Waals surface area contributed by atoms with Crippen LogP contribution in [0, 0.1) is 0 Å². The Balaban J connectivity index is 1.39. The molecule has 1 aliphatic heterocycles. The maximum atomic E-state index is 12.8. The zero-order valence-electron chi connectivity index (χ0n) is 15.8. The van der Waals surface area contributed by atoms with Gasteiger partial charge in [-0.05, 0) is 41.5 Å². The molecule has 0 radical (unpaired) electrons. The molecule has 1 N–H and O–H groups in total. The molecule has 2 amide bonds. The fraction of sp³-hybridized carbons (Fsp3) is 0.174. The van der Waals surface area contributed by atoms with Crippen LogP contribution in [0.15, 0.2) is 83.3 Å². The summed E-state index contributed by atoms with van der Waals surface area (Å²) < 4.78 is 6.81. The number of halogens is 1. The Morgan fingerprint density at radius 3 is 2.62 bits per heavy atom. The molecule has 6 heteroatoms. The van der Waals surface area contributed by atoms with Crippen molar-refractivity contribution in [1.82, 2.24) is 4.90 Å². The molecule has 0 spiro atoms. The third-order valence-corrected chi connectivity index (χ3v) is 6.40. The van der Waals surface area contributed by atoms with Gasteiger partial charge in [0.1, 0.15) is 17.7 Å². The molecular formula is C23H21BrN2O2S. The normalized spacial score (nSPS) is 15.9. The molecule has 1 unspecified atom stereocenters. The summed E-state index contributed by atoms with van der Waals surface area (Å²) in [6.07, 6.45) is 0. The van der Waals surface area contributed by atoms with Crippen LogP contribution in [0.2, 0.25) is 0 Å². The number of carbonyl (C=O) groups is 1. The molecule has 0 saturated carbocycles. The Bertz CT molecular complexity index is 966. The third-order valence-electron chi connectivity index (χ3n) is 4.64. The van der Waals surface area contributed by atoms with Gasteiger partial charge in [-0.3, -0.25) is 0 Å². The van der Waals surface area contributed by atoms with Gasteiger partial charge < -0.3 is 15.0 Å². The third kappa shape index (κ3) is 5.14. The maximum absolute atomic E-state index is 12.8. The number of hydrogen-bond acceptors (Lipinski definition) is 3. The lowest BCUT2D eigenvalue weighted by atomic mass is 10.2. The van der Waals surface area contributed by atoms with Crippen LogP contribution in [-0.2, 0) is 6.61 Å². The number of amides is 2. The quantitative estimate of drug-likeness (QED) is 0.476. The first-order valence-electron chi connectivity index (χ1n) is 9.40. The first-order valence-corrected chi connectivity index (χ1v) is 11.2. The maximum Gasteiger partial charge on any atom is 0.323 e. The van der Waals surface area contributed by atoms with Crippen LogP contribution < -0.4 is 10.1 Å². The summed E-state index contributed by atoms with van der Waals surface area (Å²) in [4.78, 5) is 14.7. The van der Waals surface area contributed by atoms with Gasteiger partial charge in [0, 0.05) is 22.5 Å². The molecule has 4 nitrogen and oxygen atoms in total. The van der Waals surface area contributed by atoms with Gasteiger partial charge in [-0.1, -0.05) is 64.5 Å². The van der Waals surface area contributed by atoms with Gasteiger partial charge in [0.15, 0.2) is 0 Å². The van der Waals surface area contributed by atoms with Crippen molar-refractivity contribution in [1.29, 1.82) is 0 Å². The van der Waals surface area contributed by atoms with E-state index in [2.05, 4.69) is 21.2 Å². The number of anilines is 1. The molecule has 1 aliphatic rings. The minimum Gasteiger partial charge on any atom is -0.489 e. The van der Waals surface area contributed by atoms with Crippen molar-refractivity contribution in [2.24, 2.45) is 0 Å². The van der Waals surface area contributed by atoms with Crippen molar-refractivity contribution < 1.29 is 9.53 Å². The van der Waals surface area contributed by atoms with Gasteiger partial charge in [-0.2, -0.15) is 0 Å². The van der Waals surface area contributed by atoms with Gasteiger partial charge in [0.05, 0.1) is 0 Å². The van der Waals surface area contributed by atoms with E-state index in [1.807, 2.05) is 83.8 Å². The second-order valence-corrected chi connectivity index (χ2v) is 8.80. The standard InChI is InChI=1S/C23H21BrN2O2S/c24-19-7-4-8-20(15-19)25-23(27)26-13-14-29-22(26)18-9-11-21(12-10-18)28-16-17-5-2-1-3-6-17/h1-12,15,22H,13-14,16H2,(H,25,27). The van der Waals surface area contributed by atoms with Crippen LogP contribution in [0.25, 0.3) is 0 Å². The summed E-state index contributed by atoms with van der Waals surface area (Å²) in [5.74, 6) is 1.74. The Labute approximate surface area is 183 Å². The lowest BCUT2D eigenvalue weighted by Crippen LogP contribution is -2.34. The van der Waals surface area contributed by atoms with Gasteiger partial charge in [0.25, 0.3) is 0 Å². The Morgan fingerprint density at radius 1 is 1.07 bits per heavy atom. The number of carbonyl (C=O) groups excluding carboxylic acids is 1. The van der Waals surface area contributed by atoms with Crippen molar-refractivity contribution >= 4 is 39.4 Å². The highest BCUT2D eigenvalue weighted by atomic mass is 79.9. The number of thioether (sulfide) groups is 1. The number of ether oxygens (including phenoxy) is 1. The largest absolute Gasteiger partial charge is 0.489 e. The number of nitrogens with zero attached hydrogens (tertiary/aromatic N) is 1. The van der Waals surface area contributed by atoms with Crippen molar-refractivity contribution in [3.05, 3.63) is 94.5 Å². The number of hydrogen-bond donors (Lipinski definition) is 1. The van der Waals surface area contributed by atoms with Crippen molar-refractivity contribution in [2.75, 3.05) is 17.6 Å². The lowest BCUT2D eigenvalue weighted by molar-refractivity contribution is 0.214. The molecule has 0 aromatic heterocycles. The van der Waals surface area contributed by atoms with Crippen LogP contribution in [-0.4, -0.2) is 23.2 Å². The van der Waals surface area contributed by atoms with E-state index in [1.165, 1.54) is 0 Å². The summed E-state index contributed by atoms with van der Waals surface area (Å²) in [5.41, 5.74) is 3.02. The summed E-state index contributed by atoms with van der Waals surface area (Å²) in [6.45, 7) is 1.26. The van der Waals surface area contributed by atoms with Crippen LogP contribution in [0.4, 0.5) is 10.5 Å². The van der Waals surface area contributed by atoms with Crippen LogP contribution >= 0.6 is 27.7 Å². The van der Waals surface area contributed by atoms with E-state index >= 15 is 0 Å². The van der Waals surface area contributed by atoms with Crippen LogP contribution in [0.3, 0.4) is 0 Å². The molecule has 1 fully saturated rings. The van der Waals surface area contributed by atoms with E-state index < -0.39 is 0 Å². The fourth-order valence-corrected chi connectivity index (χ4v) is 4.84. The number of rotatable bonds is 5. The van der Waals surface area contributed by atoms with E-state index in [-0.39, 0.29) is 11.4 Å². The molecular weight excluding hydrogens is 448 g/mol. The fourth-order valence-electron chi connectivity index (χ4n) is 3.19. The highest BCUT2D eigenvalue weighted by molar-refractivity contribution is 9.10. The molecule has 1 heterocycles. The summed E-state index contributed by atoms with van der Waals surface area (Å²) in [6, 6.07) is 25.7. The molecule has 29 heavy (non-hydrogen) atoms. The number of nitrogens with one attached hydrogen (secondary N) is 1. The first kappa shape index (κ1) is 19.9. The molecule has 0 aliphatic carbocycles. The van der Waals surface area contributed by atoms with E-state index in [0.29, 0.717) is 6.61 Å². The van der Waals surface area contributed by atoms with Gasteiger partial charge in [-0.15, -0.1) is 11.8 Å². The van der Waals surface area contributed by atoms with E-state index in [4.69, 9.17) is 4.74 Å². The summed E-state index contributed by atoms with van der Waals surface area (Å²) in [7, 11) is 0. The minimum absolute atomic E-state index is 0.00493. The summed E-state index contributed by atoms with van der Waals surface area (Å²) in [5, 5.41) is 3.00. The Hall–Kier alpha value is -2.44. The van der Waals surface area contributed by atoms with Crippen LogP contribution in [0.5, 0.6) is 5.75 Å². The predicted octanol–water partition coefficient (Wildman–Crippen LogP) is 6.31.